The maximum Gasteiger partial charge on any atom is 0.285 e. The third-order valence-corrected chi connectivity index (χ3v) is 4.69. The second-order valence-corrected chi connectivity index (χ2v) is 6.79. The summed E-state index contributed by atoms with van der Waals surface area (Å²) in [5.74, 6) is 0.0730. The molecule has 0 bridgehead atoms. The molecule has 136 valence electrons. The molecular formula is C17H19N5O4. The molecule has 0 spiro atoms. The van der Waals surface area contributed by atoms with Crippen LogP contribution in [0.3, 0.4) is 0 Å². The zero-order chi connectivity index (χ0) is 18.4. The summed E-state index contributed by atoms with van der Waals surface area (Å²) in [6.07, 6.45) is 1.10. The van der Waals surface area contributed by atoms with Crippen LogP contribution in [0.5, 0.6) is 0 Å². The fourth-order valence-corrected chi connectivity index (χ4v) is 3.39. The van der Waals surface area contributed by atoms with Crippen LogP contribution in [0.15, 0.2) is 27.6 Å². The number of aromatic amines is 1. The first-order valence-corrected chi connectivity index (χ1v) is 8.39. The first-order valence-electron chi connectivity index (χ1n) is 8.39. The normalized spacial score (nSPS) is 20.2. The molecule has 26 heavy (non-hydrogen) atoms. The molecule has 1 aliphatic heterocycles. The predicted octanol–water partition coefficient (Wildman–Crippen LogP) is 0.303. The number of nitrogens with zero attached hydrogens (tertiary/aromatic N) is 4. The Labute approximate surface area is 148 Å². The van der Waals surface area contributed by atoms with Crippen molar-refractivity contribution in [2.75, 3.05) is 13.1 Å². The molecule has 3 aromatic rings. The lowest BCUT2D eigenvalue weighted by Gasteiger charge is -2.15. The van der Waals surface area contributed by atoms with E-state index in [9.17, 15) is 14.7 Å². The summed E-state index contributed by atoms with van der Waals surface area (Å²) in [5, 5.41) is 17.0. The van der Waals surface area contributed by atoms with E-state index in [1.807, 2.05) is 19.9 Å². The number of likely N-dealkylation sites (tertiary alicyclic amines) is 1. The maximum atomic E-state index is 12.8. The zero-order valence-corrected chi connectivity index (χ0v) is 14.5. The lowest BCUT2D eigenvalue weighted by molar-refractivity contribution is 0.0762. The maximum absolute atomic E-state index is 12.8. The summed E-state index contributed by atoms with van der Waals surface area (Å²) in [4.78, 5) is 31.0. The van der Waals surface area contributed by atoms with Crippen LogP contribution >= 0.6 is 0 Å². The number of carbonyl (C=O) groups is 1. The van der Waals surface area contributed by atoms with E-state index < -0.39 is 17.6 Å². The van der Waals surface area contributed by atoms with E-state index in [4.69, 9.17) is 4.52 Å². The van der Waals surface area contributed by atoms with Crippen LogP contribution in [-0.2, 0) is 6.42 Å². The van der Waals surface area contributed by atoms with E-state index >= 15 is 0 Å². The smallest absolute Gasteiger partial charge is 0.285 e. The molecule has 1 amide bonds. The minimum atomic E-state index is -0.684. The van der Waals surface area contributed by atoms with Crippen LogP contribution in [0.25, 0.3) is 5.65 Å². The molecule has 9 nitrogen and oxygen atoms in total. The van der Waals surface area contributed by atoms with Crippen molar-refractivity contribution in [3.8, 4) is 0 Å². The molecule has 0 unspecified atom stereocenters. The van der Waals surface area contributed by atoms with Gasteiger partial charge in [-0.1, -0.05) is 5.16 Å². The molecule has 0 aromatic carbocycles. The summed E-state index contributed by atoms with van der Waals surface area (Å²) in [5.41, 5.74) is 1.54. The number of hydrogen-bond acceptors (Lipinski definition) is 6. The third-order valence-electron chi connectivity index (χ3n) is 4.69. The second kappa shape index (κ2) is 6.10. The molecule has 3 aromatic heterocycles. The van der Waals surface area contributed by atoms with Crippen LogP contribution < -0.4 is 5.56 Å². The van der Waals surface area contributed by atoms with Crippen molar-refractivity contribution in [2.24, 2.45) is 5.92 Å². The average molecular weight is 357 g/mol. The number of aromatic nitrogens is 4. The molecule has 1 aliphatic rings. The molecule has 9 heteroatoms. The Kier molecular flexibility index (Phi) is 3.87. The first-order chi connectivity index (χ1) is 12.4. The van der Waals surface area contributed by atoms with Gasteiger partial charge in [-0.2, -0.15) is 0 Å². The number of carbonyl (C=O) groups excluding carboxylic acids is 1. The van der Waals surface area contributed by atoms with Crippen LogP contribution in [0.4, 0.5) is 0 Å². The van der Waals surface area contributed by atoms with Crippen molar-refractivity contribution in [2.45, 2.75) is 26.4 Å². The van der Waals surface area contributed by atoms with Crippen LogP contribution in [-0.4, -0.2) is 54.9 Å². The molecule has 0 saturated carbocycles. The lowest BCUT2D eigenvalue weighted by atomic mass is 10.0. The molecule has 0 radical (unpaired) electrons. The van der Waals surface area contributed by atoms with Crippen molar-refractivity contribution in [1.29, 1.82) is 0 Å². The monoisotopic (exact) mass is 357 g/mol. The molecular weight excluding hydrogens is 338 g/mol. The second-order valence-electron chi connectivity index (χ2n) is 6.79. The Morgan fingerprint density at radius 3 is 2.92 bits per heavy atom. The zero-order valence-electron chi connectivity index (χ0n) is 14.5. The molecule has 4 heterocycles. The van der Waals surface area contributed by atoms with Crippen LogP contribution in [0, 0.1) is 19.8 Å². The Bertz CT molecular complexity index is 1030. The number of nitrogens with one attached hydrogen (secondary N) is 1. The fourth-order valence-electron chi connectivity index (χ4n) is 3.39. The van der Waals surface area contributed by atoms with Crippen molar-refractivity contribution < 1.29 is 14.4 Å². The number of aliphatic hydroxyl groups excluding tert-OH is 1. The van der Waals surface area contributed by atoms with Crippen molar-refractivity contribution >= 4 is 11.6 Å². The largest absolute Gasteiger partial charge is 0.391 e. The molecule has 2 N–H and O–H groups in total. The van der Waals surface area contributed by atoms with Gasteiger partial charge in [-0.3, -0.25) is 14.7 Å². The Balaban J connectivity index is 1.55. The van der Waals surface area contributed by atoms with Gasteiger partial charge in [0.15, 0.2) is 5.65 Å². The van der Waals surface area contributed by atoms with Gasteiger partial charge < -0.3 is 14.5 Å². The summed E-state index contributed by atoms with van der Waals surface area (Å²) < 4.78 is 6.45. The first kappa shape index (κ1) is 16.5. The van der Waals surface area contributed by atoms with Crippen LogP contribution in [0.2, 0.25) is 0 Å². The van der Waals surface area contributed by atoms with Gasteiger partial charge in [0, 0.05) is 49.5 Å². The number of β-amino-alcohol motifs (C(OH)–C–C–N with tert-alkyl or cyclic N) is 1. The van der Waals surface area contributed by atoms with Gasteiger partial charge in [0.2, 0.25) is 0 Å². The number of H-pyrrole nitrogens is 1. The van der Waals surface area contributed by atoms with Gasteiger partial charge in [0.1, 0.15) is 11.3 Å². The minimum Gasteiger partial charge on any atom is -0.391 e. The standard InChI is InChI=1S/C17H19N5O4/c1-9-4-15-18-6-13(17(25)22(15)19-9)16(24)21-7-11(14(23)8-21)5-12-3-10(2)20-26-12/h3-4,6,11,14,19,23H,5,7-8H2,1-2H3/t11-,14+/m1/s1. The Hall–Kier alpha value is -2.94. The van der Waals surface area contributed by atoms with E-state index in [1.165, 1.54) is 15.6 Å². The lowest BCUT2D eigenvalue weighted by Crippen LogP contribution is -2.35. The number of aliphatic hydroxyl groups is 1. The molecule has 0 aliphatic carbocycles. The highest BCUT2D eigenvalue weighted by atomic mass is 16.5. The quantitative estimate of drug-likeness (QED) is 0.696. The fraction of sp³-hybridized carbons (Fsp3) is 0.412. The van der Waals surface area contributed by atoms with Gasteiger partial charge in [-0.25, -0.2) is 9.50 Å². The van der Waals surface area contributed by atoms with Crippen molar-refractivity contribution in [1.82, 2.24) is 24.7 Å². The molecule has 2 atom stereocenters. The number of amides is 1. The number of aryl methyl sites for hydroxylation is 2. The highest BCUT2D eigenvalue weighted by Crippen LogP contribution is 2.23. The van der Waals surface area contributed by atoms with E-state index in [1.54, 1.807) is 6.07 Å². The number of fused-ring (bicyclic) bond motifs is 1. The molecule has 1 saturated heterocycles. The highest BCUT2D eigenvalue weighted by molar-refractivity contribution is 5.94. The number of hydrogen-bond donors (Lipinski definition) is 2. The third kappa shape index (κ3) is 2.80. The van der Waals surface area contributed by atoms with Gasteiger partial charge in [-0.15, -0.1) is 0 Å². The summed E-state index contributed by atoms with van der Waals surface area (Å²) >= 11 is 0. The summed E-state index contributed by atoms with van der Waals surface area (Å²) in [6, 6.07) is 3.54. The van der Waals surface area contributed by atoms with Crippen molar-refractivity contribution in [3.63, 3.8) is 0 Å². The topological polar surface area (TPSA) is 117 Å². The molecule has 4 rings (SSSR count). The predicted molar refractivity (Wildman–Crippen MR) is 90.9 cm³/mol. The van der Waals surface area contributed by atoms with E-state index in [-0.39, 0.29) is 18.0 Å². The minimum absolute atomic E-state index is 0.0206. The number of rotatable bonds is 3. The van der Waals surface area contributed by atoms with Gasteiger partial charge in [-0.05, 0) is 13.8 Å². The SMILES string of the molecule is Cc1cc(C[C@@H]2CN(C(=O)c3cnc4cc(C)[nH]n4c3=O)C[C@@H]2O)on1. The van der Waals surface area contributed by atoms with Crippen molar-refractivity contribution in [3.05, 3.63) is 51.4 Å². The van der Waals surface area contributed by atoms with E-state index in [0.29, 0.717) is 24.4 Å². The Morgan fingerprint density at radius 1 is 1.38 bits per heavy atom. The summed E-state index contributed by atoms with van der Waals surface area (Å²) in [7, 11) is 0. The van der Waals surface area contributed by atoms with Gasteiger partial charge >= 0.3 is 0 Å². The van der Waals surface area contributed by atoms with Gasteiger partial charge in [0.05, 0.1) is 11.8 Å². The average Bonchev–Trinajstić information content (AvgIpc) is 3.27. The molecule has 1 fully saturated rings. The van der Waals surface area contributed by atoms with E-state index in [0.717, 1.165) is 11.4 Å². The Morgan fingerprint density at radius 2 is 2.19 bits per heavy atom. The summed E-state index contributed by atoms with van der Waals surface area (Å²) in [6.45, 7) is 4.14. The van der Waals surface area contributed by atoms with Gasteiger partial charge in [0.25, 0.3) is 11.5 Å². The van der Waals surface area contributed by atoms with Crippen LogP contribution in [0.1, 0.15) is 27.5 Å². The van der Waals surface area contributed by atoms with E-state index in [2.05, 4.69) is 15.2 Å². The highest BCUT2D eigenvalue weighted by Gasteiger charge is 2.36.